The van der Waals surface area contributed by atoms with E-state index in [4.69, 9.17) is 15.2 Å². The van der Waals surface area contributed by atoms with Crippen LogP contribution in [0.4, 0.5) is 0 Å². The maximum atomic E-state index is 11.3. The van der Waals surface area contributed by atoms with Crippen LogP contribution in [0, 0.1) is 0 Å². The third-order valence-electron chi connectivity index (χ3n) is 3.79. The molecule has 1 aliphatic rings. The van der Waals surface area contributed by atoms with E-state index in [9.17, 15) is 4.79 Å². The van der Waals surface area contributed by atoms with Crippen molar-refractivity contribution in [3.8, 4) is 11.5 Å². The van der Waals surface area contributed by atoms with Gasteiger partial charge in [0, 0.05) is 13.1 Å². The Bertz CT molecular complexity index is 534. The highest BCUT2D eigenvalue weighted by atomic mass is 79.9. The summed E-state index contributed by atoms with van der Waals surface area (Å²) in [5.41, 5.74) is 7.72. The molecule has 110 valence electrons. The molecule has 5 nitrogen and oxygen atoms in total. The number of carbonyl (C=O) groups excluding carboxylic acids is 1. The minimum atomic E-state index is -0.298. The number of hydrogen-bond donors (Lipinski definition) is 1. The summed E-state index contributed by atoms with van der Waals surface area (Å²) in [6, 6.07) is 1.70. The SMILES string of the molecule is COc1cc2c(c(Br)c1OC)CCN(C(C)C(N)=O)C2. The number of fused-ring (bicyclic) bond motifs is 1. The van der Waals surface area contributed by atoms with Crippen molar-refractivity contribution in [1.82, 2.24) is 4.90 Å². The molecule has 1 aromatic rings. The van der Waals surface area contributed by atoms with Gasteiger partial charge in [-0.1, -0.05) is 0 Å². The van der Waals surface area contributed by atoms with Gasteiger partial charge in [0.25, 0.3) is 0 Å². The highest BCUT2D eigenvalue weighted by Crippen LogP contribution is 2.41. The normalized spacial score (nSPS) is 16.4. The third-order valence-corrected chi connectivity index (χ3v) is 4.63. The van der Waals surface area contributed by atoms with E-state index in [0.717, 1.165) is 23.0 Å². The number of methoxy groups -OCH3 is 2. The highest BCUT2D eigenvalue weighted by Gasteiger charge is 2.27. The average molecular weight is 343 g/mol. The number of rotatable bonds is 4. The molecule has 1 atom stereocenters. The van der Waals surface area contributed by atoms with Crippen molar-refractivity contribution in [3.63, 3.8) is 0 Å². The zero-order valence-electron chi connectivity index (χ0n) is 11.9. The molecule has 1 aliphatic heterocycles. The van der Waals surface area contributed by atoms with Crippen molar-refractivity contribution >= 4 is 21.8 Å². The summed E-state index contributed by atoms with van der Waals surface area (Å²) < 4.78 is 11.7. The Balaban J connectivity index is 2.37. The van der Waals surface area contributed by atoms with Gasteiger partial charge >= 0.3 is 0 Å². The number of carbonyl (C=O) groups is 1. The summed E-state index contributed by atoms with van der Waals surface area (Å²) in [6.07, 6.45) is 0.841. The van der Waals surface area contributed by atoms with Crippen molar-refractivity contribution in [3.05, 3.63) is 21.7 Å². The number of primary amides is 1. The maximum absolute atomic E-state index is 11.3. The van der Waals surface area contributed by atoms with Crippen LogP contribution in [0.25, 0.3) is 0 Å². The molecular formula is C14H19BrN2O3. The van der Waals surface area contributed by atoms with E-state index in [0.29, 0.717) is 18.0 Å². The topological polar surface area (TPSA) is 64.8 Å². The van der Waals surface area contributed by atoms with Crippen molar-refractivity contribution in [2.45, 2.75) is 25.9 Å². The fourth-order valence-electron chi connectivity index (χ4n) is 2.51. The van der Waals surface area contributed by atoms with Gasteiger partial charge in [0.1, 0.15) is 0 Å². The second-order valence-corrected chi connectivity index (χ2v) is 5.66. The van der Waals surface area contributed by atoms with E-state index in [1.54, 1.807) is 14.2 Å². The Hall–Kier alpha value is -1.27. The summed E-state index contributed by atoms with van der Waals surface area (Å²) in [5.74, 6) is 1.10. The first kappa shape index (κ1) is 15.1. The second-order valence-electron chi connectivity index (χ2n) is 4.86. The molecule has 0 saturated heterocycles. The molecule has 0 radical (unpaired) electrons. The van der Waals surface area contributed by atoms with Gasteiger partial charge in [-0.2, -0.15) is 0 Å². The van der Waals surface area contributed by atoms with Crippen LogP contribution in [0.15, 0.2) is 10.5 Å². The van der Waals surface area contributed by atoms with Gasteiger partial charge in [-0.25, -0.2) is 0 Å². The number of nitrogens with two attached hydrogens (primary N) is 1. The molecule has 1 unspecified atom stereocenters. The fourth-order valence-corrected chi connectivity index (χ4v) is 3.32. The lowest BCUT2D eigenvalue weighted by Crippen LogP contribution is -2.45. The second kappa shape index (κ2) is 6.01. The van der Waals surface area contributed by atoms with E-state index in [1.807, 2.05) is 13.0 Å². The molecule has 1 amide bonds. The Morgan fingerprint density at radius 2 is 2.15 bits per heavy atom. The van der Waals surface area contributed by atoms with Crippen molar-refractivity contribution < 1.29 is 14.3 Å². The zero-order chi connectivity index (χ0) is 14.9. The van der Waals surface area contributed by atoms with E-state index >= 15 is 0 Å². The molecule has 20 heavy (non-hydrogen) atoms. The molecule has 2 N–H and O–H groups in total. The van der Waals surface area contributed by atoms with Gasteiger partial charge in [0.15, 0.2) is 11.5 Å². The number of ether oxygens (including phenoxy) is 2. The van der Waals surface area contributed by atoms with Crippen LogP contribution in [0.5, 0.6) is 11.5 Å². The van der Waals surface area contributed by atoms with Crippen molar-refractivity contribution in [1.29, 1.82) is 0 Å². The Morgan fingerprint density at radius 3 is 2.70 bits per heavy atom. The van der Waals surface area contributed by atoms with Gasteiger partial charge in [0.05, 0.1) is 24.7 Å². The number of nitrogens with zero attached hydrogens (tertiary/aromatic N) is 1. The minimum Gasteiger partial charge on any atom is -0.493 e. The molecule has 0 bridgehead atoms. The first-order valence-electron chi connectivity index (χ1n) is 6.45. The molecule has 6 heteroatoms. The van der Waals surface area contributed by atoms with Crippen LogP contribution in [0.1, 0.15) is 18.1 Å². The van der Waals surface area contributed by atoms with Crippen molar-refractivity contribution in [2.75, 3.05) is 20.8 Å². The summed E-state index contributed by atoms with van der Waals surface area (Å²) in [7, 11) is 3.24. The van der Waals surface area contributed by atoms with Gasteiger partial charge in [-0.3, -0.25) is 9.69 Å². The number of hydrogen-bond acceptors (Lipinski definition) is 4. The predicted octanol–water partition coefficient (Wildman–Crippen LogP) is 1.70. The largest absolute Gasteiger partial charge is 0.493 e. The predicted molar refractivity (Wildman–Crippen MR) is 80.0 cm³/mol. The zero-order valence-corrected chi connectivity index (χ0v) is 13.5. The number of amides is 1. The molecule has 1 aromatic carbocycles. The lowest BCUT2D eigenvalue weighted by atomic mass is 9.97. The molecule has 0 fully saturated rings. The van der Waals surface area contributed by atoms with Crippen molar-refractivity contribution in [2.24, 2.45) is 5.73 Å². The molecule has 1 heterocycles. The van der Waals surface area contributed by atoms with Crippen LogP contribution in [0.3, 0.4) is 0 Å². The third kappa shape index (κ3) is 2.62. The van der Waals surface area contributed by atoms with E-state index in [-0.39, 0.29) is 11.9 Å². The molecule has 0 aromatic heterocycles. The van der Waals surface area contributed by atoms with Gasteiger partial charge < -0.3 is 15.2 Å². The van der Waals surface area contributed by atoms with E-state index in [2.05, 4.69) is 20.8 Å². The monoisotopic (exact) mass is 342 g/mol. The Labute approximate surface area is 127 Å². The number of benzene rings is 1. The molecule has 0 aliphatic carbocycles. The van der Waals surface area contributed by atoms with Crippen LogP contribution < -0.4 is 15.2 Å². The molecule has 0 spiro atoms. The van der Waals surface area contributed by atoms with Gasteiger partial charge in [0.2, 0.25) is 5.91 Å². The summed E-state index contributed by atoms with van der Waals surface area (Å²) in [5, 5.41) is 0. The number of halogens is 1. The lowest BCUT2D eigenvalue weighted by molar-refractivity contribution is -0.123. The van der Waals surface area contributed by atoms with Gasteiger partial charge in [-0.15, -0.1) is 0 Å². The molecule has 0 saturated carbocycles. The van der Waals surface area contributed by atoms with Crippen LogP contribution in [-0.4, -0.2) is 37.6 Å². The lowest BCUT2D eigenvalue weighted by Gasteiger charge is -2.33. The quantitative estimate of drug-likeness (QED) is 0.904. The fraction of sp³-hybridized carbons (Fsp3) is 0.500. The summed E-state index contributed by atoms with van der Waals surface area (Å²) in [4.78, 5) is 13.4. The molecular weight excluding hydrogens is 324 g/mol. The van der Waals surface area contributed by atoms with Gasteiger partial charge in [-0.05, 0) is 46.5 Å². The average Bonchev–Trinajstić information content (AvgIpc) is 2.45. The standard InChI is InChI=1S/C14H19BrN2O3/c1-8(14(16)18)17-5-4-10-9(7-17)6-11(19-2)13(20-3)12(10)15/h6,8H,4-5,7H2,1-3H3,(H2,16,18). The van der Waals surface area contributed by atoms with E-state index in [1.165, 1.54) is 5.56 Å². The minimum absolute atomic E-state index is 0.268. The summed E-state index contributed by atoms with van der Waals surface area (Å²) in [6.45, 7) is 3.31. The maximum Gasteiger partial charge on any atom is 0.234 e. The van der Waals surface area contributed by atoms with E-state index < -0.39 is 0 Å². The Kier molecular flexibility index (Phi) is 4.55. The first-order chi connectivity index (χ1) is 9.49. The van der Waals surface area contributed by atoms with Crippen LogP contribution in [0.2, 0.25) is 0 Å². The highest BCUT2D eigenvalue weighted by molar-refractivity contribution is 9.10. The summed E-state index contributed by atoms with van der Waals surface area (Å²) >= 11 is 3.59. The Morgan fingerprint density at radius 1 is 1.45 bits per heavy atom. The van der Waals surface area contributed by atoms with Crippen LogP contribution >= 0.6 is 15.9 Å². The first-order valence-corrected chi connectivity index (χ1v) is 7.24. The smallest absolute Gasteiger partial charge is 0.234 e. The van der Waals surface area contributed by atoms with Crippen LogP contribution in [-0.2, 0) is 17.8 Å². The molecule has 2 rings (SSSR count).